The average Bonchev–Trinajstić information content (AvgIpc) is 3.28. The van der Waals surface area contributed by atoms with Crippen LogP contribution in [0.5, 0.6) is 11.5 Å². The average molecular weight is 407 g/mol. The monoisotopic (exact) mass is 407 g/mol. The van der Waals surface area contributed by atoms with Crippen LogP contribution in [0.1, 0.15) is 30.2 Å². The molecule has 156 valence electrons. The number of aromatic nitrogens is 2. The maximum atomic E-state index is 12.5. The van der Waals surface area contributed by atoms with E-state index in [1.54, 1.807) is 31.4 Å². The Labute approximate surface area is 175 Å². The molecule has 1 fully saturated rings. The van der Waals surface area contributed by atoms with Crippen LogP contribution >= 0.6 is 0 Å². The van der Waals surface area contributed by atoms with E-state index in [4.69, 9.17) is 14.0 Å². The fraction of sp³-hybridized carbons (Fsp3) is 0.348. The van der Waals surface area contributed by atoms with Gasteiger partial charge in [-0.1, -0.05) is 29.4 Å². The van der Waals surface area contributed by atoms with E-state index in [0.29, 0.717) is 30.6 Å². The van der Waals surface area contributed by atoms with Gasteiger partial charge in [-0.25, -0.2) is 0 Å². The van der Waals surface area contributed by atoms with Gasteiger partial charge in [-0.15, -0.1) is 0 Å². The third-order valence-electron chi connectivity index (χ3n) is 5.45. The number of rotatable bonds is 6. The van der Waals surface area contributed by atoms with Gasteiger partial charge in [0.15, 0.2) is 6.61 Å². The van der Waals surface area contributed by atoms with E-state index < -0.39 is 0 Å². The van der Waals surface area contributed by atoms with E-state index in [2.05, 4.69) is 10.1 Å². The lowest BCUT2D eigenvalue weighted by Crippen LogP contribution is -2.40. The number of carbonyl (C=O) groups is 1. The quantitative estimate of drug-likeness (QED) is 0.618. The Morgan fingerprint density at radius 3 is 2.50 bits per heavy atom. The summed E-state index contributed by atoms with van der Waals surface area (Å²) in [4.78, 5) is 18.9. The number of ether oxygens (including phenoxy) is 2. The molecule has 0 radical (unpaired) electrons. The Morgan fingerprint density at radius 2 is 1.80 bits per heavy atom. The zero-order valence-electron chi connectivity index (χ0n) is 17.2. The maximum absolute atomic E-state index is 12.5. The SMILES string of the molecule is COc1ccc(OCC(=O)N2CCC(c3nc(-c4ccccc4C)no3)CC2)cc1. The number of piperidine rings is 1. The van der Waals surface area contributed by atoms with Gasteiger partial charge in [0.2, 0.25) is 11.7 Å². The Balaban J connectivity index is 1.29. The summed E-state index contributed by atoms with van der Waals surface area (Å²) in [7, 11) is 1.61. The predicted molar refractivity (Wildman–Crippen MR) is 112 cm³/mol. The molecule has 1 amide bonds. The molecule has 3 aromatic rings. The van der Waals surface area contributed by atoms with E-state index in [9.17, 15) is 4.79 Å². The summed E-state index contributed by atoms with van der Waals surface area (Å²) in [6.45, 7) is 3.35. The highest BCUT2D eigenvalue weighted by atomic mass is 16.5. The third-order valence-corrected chi connectivity index (χ3v) is 5.45. The topological polar surface area (TPSA) is 77.7 Å². The van der Waals surface area contributed by atoms with E-state index >= 15 is 0 Å². The lowest BCUT2D eigenvalue weighted by Gasteiger charge is -2.30. The van der Waals surface area contributed by atoms with Crippen molar-refractivity contribution in [1.82, 2.24) is 15.0 Å². The second kappa shape index (κ2) is 8.98. The van der Waals surface area contributed by atoms with Crippen molar-refractivity contribution in [1.29, 1.82) is 0 Å². The number of nitrogens with zero attached hydrogens (tertiary/aromatic N) is 3. The first-order valence-electron chi connectivity index (χ1n) is 10.1. The molecule has 1 aromatic heterocycles. The van der Waals surface area contributed by atoms with Crippen LogP contribution < -0.4 is 9.47 Å². The number of benzene rings is 2. The highest BCUT2D eigenvalue weighted by molar-refractivity contribution is 5.77. The van der Waals surface area contributed by atoms with Crippen LogP contribution in [0.25, 0.3) is 11.4 Å². The van der Waals surface area contributed by atoms with Crippen molar-refractivity contribution in [2.75, 3.05) is 26.8 Å². The van der Waals surface area contributed by atoms with Crippen LogP contribution in [-0.4, -0.2) is 47.8 Å². The lowest BCUT2D eigenvalue weighted by molar-refractivity contribution is -0.134. The number of hydrogen-bond acceptors (Lipinski definition) is 6. The first kappa shape index (κ1) is 19.9. The highest BCUT2D eigenvalue weighted by Gasteiger charge is 2.28. The standard InChI is InChI=1S/C23H25N3O4/c1-16-5-3-4-6-20(16)22-24-23(30-25-22)17-11-13-26(14-12-17)21(27)15-29-19-9-7-18(28-2)8-10-19/h3-10,17H,11-15H2,1-2H3. The Hall–Kier alpha value is -3.35. The molecule has 2 heterocycles. The number of likely N-dealkylation sites (tertiary alicyclic amines) is 1. The first-order valence-corrected chi connectivity index (χ1v) is 10.1. The molecular formula is C23H25N3O4. The highest BCUT2D eigenvalue weighted by Crippen LogP contribution is 2.29. The Kier molecular flexibility index (Phi) is 5.97. The van der Waals surface area contributed by atoms with Crippen LogP contribution in [0.2, 0.25) is 0 Å². The van der Waals surface area contributed by atoms with Gasteiger partial charge in [0.25, 0.3) is 5.91 Å². The van der Waals surface area contributed by atoms with Gasteiger partial charge in [0.1, 0.15) is 11.5 Å². The molecule has 7 heteroatoms. The van der Waals surface area contributed by atoms with Gasteiger partial charge in [-0.05, 0) is 49.6 Å². The Morgan fingerprint density at radius 1 is 1.10 bits per heavy atom. The van der Waals surface area contributed by atoms with Crippen LogP contribution in [0.3, 0.4) is 0 Å². The maximum Gasteiger partial charge on any atom is 0.260 e. The first-order chi connectivity index (χ1) is 14.6. The largest absolute Gasteiger partial charge is 0.497 e. The Bertz CT molecular complexity index is 992. The summed E-state index contributed by atoms with van der Waals surface area (Å²) in [5.74, 6) is 2.82. The summed E-state index contributed by atoms with van der Waals surface area (Å²) in [6, 6.07) is 15.2. The van der Waals surface area contributed by atoms with Crippen LogP contribution in [-0.2, 0) is 4.79 Å². The fourth-order valence-corrected chi connectivity index (χ4v) is 3.62. The molecule has 30 heavy (non-hydrogen) atoms. The minimum atomic E-state index is -0.0182. The van der Waals surface area contributed by atoms with E-state index in [1.165, 1.54) is 0 Å². The molecule has 0 unspecified atom stereocenters. The molecule has 1 saturated heterocycles. The summed E-state index contributed by atoms with van der Waals surface area (Å²) >= 11 is 0. The molecule has 7 nitrogen and oxygen atoms in total. The molecular weight excluding hydrogens is 382 g/mol. The molecule has 0 aliphatic carbocycles. The van der Waals surface area contributed by atoms with E-state index in [0.717, 1.165) is 29.7 Å². The smallest absolute Gasteiger partial charge is 0.260 e. The van der Waals surface area contributed by atoms with Crippen molar-refractivity contribution in [3.63, 3.8) is 0 Å². The van der Waals surface area contributed by atoms with Crippen molar-refractivity contribution in [2.45, 2.75) is 25.7 Å². The van der Waals surface area contributed by atoms with Crippen molar-refractivity contribution in [3.8, 4) is 22.9 Å². The van der Waals surface area contributed by atoms with Crippen LogP contribution in [0, 0.1) is 6.92 Å². The molecule has 1 aliphatic rings. The molecule has 2 aromatic carbocycles. The number of carbonyl (C=O) groups excluding carboxylic acids is 1. The number of methoxy groups -OCH3 is 1. The van der Waals surface area contributed by atoms with Crippen molar-refractivity contribution in [2.24, 2.45) is 0 Å². The molecule has 0 atom stereocenters. The zero-order chi connectivity index (χ0) is 20.9. The van der Waals surface area contributed by atoms with Gasteiger partial charge >= 0.3 is 0 Å². The van der Waals surface area contributed by atoms with Gasteiger partial charge in [-0.3, -0.25) is 4.79 Å². The minimum absolute atomic E-state index is 0.0182. The molecule has 0 bridgehead atoms. The molecule has 0 N–H and O–H groups in total. The van der Waals surface area contributed by atoms with E-state index in [1.807, 2.05) is 36.1 Å². The van der Waals surface area contributed by atoms with Crippen molar-refractivity contribution < 1.29 is 18.8 Å². The normalized spacial score (nSPS) is 14.5. The van der Waals surface area contributed by atoms with Gasteiger partial charge in [-0.2, -0.15) is 4.98 Å². The fourth-order valence-electron chi connectivity index (χ4n) is 3.62. The zero-order valence-corrected chi connectivity index (χ0v) is 17.2. The van der Waals surface area contributed by atoms with Gasteiger partial charge in [0.05, 0.1) is 7.11 Å². The second-order valence-corrected chi connectivity index (χ2v) is 7.39. The third kappa shape index (κ3) is 4.45. The van der Waals surface area contributed by atoms with E-state index in [-0.39, 0.29) is 18.4 Å². The summed E-state index contributed by atoms with van der Waals surface area (Å²) in [6.07, 6.45) is 1.59. The minimum Gasteiger partial charge on any atom is -0.497 e. The molecule has 0 saturated carbocycles. The summed E-state index contributed by atoms with van der Waals surface area (Å²) in [5, 5.41) is 4.16. The second-order valence-electron chi connectivity index (χ2n) is 7.39. The van der Waals surface area contributed by atoms with Gasteiger partial charge < -0.3 is 18.9 Å². The molecule has 4 rings (SSSR count). The van der Waals surface area contributed by atoms with Crippen molar-refractivity contribution >= 4 is 5.91 Å². The summed E-state index contributed by atoms with van der Waals surface area (Å²) in [5.41, 5.74) is 2.10. The predicted octanol–water partition coefficient (Wildman–Crippen LogP) is 3.84. The number of aryl methyl sites for hydroxylation is 1. The van der Waals surface area contributed by atoms with Crippen LogP contribution in [0.15, 0.2) is 53.1 Å². The number of hydrogen-bond donors (Lipinski definition) is 0. The van der Waals surface area contributed by atoms with Gasteiger partial charge in [0, 0.05) is 24.6 Å². The van der Waals surface area contributed by atoms with Crippen LogP contribution in [0.4, 0.5) is 0 Å². The lowest BCUT2D eigenvalue weighted by atomic mass is 9.96. The molecule has 0 spiro atoms. The van der Waals surface area contributed by atoms with Crippen molar-refractivity contribution in [3.05, 3.63) is 60.0 Å². The number of amides is 1. The summed E-state index contributed by atoms with van der Waals surface area (Å²) < 4.78 is 16.3. The molecule has 1 aliphatic heterocycles.